The highest BCUT2D eigenvalue weighted by Crippen LogP contribution is 2.28. The maximum absolute atomic E-state index is 12.9. The van der Waals surface area contributed by atoms with Gasteiger partial charge in [-0.15, -0.1) is 0 Å². The molecule has 0 aliphatic carbocycles. The highest BCUT2D eigenvalue weighted by Gasteiger charge is 2.31. The Hall–Kier alpha value is -2.09. The number of amides is 1. The standard InChI is InChI=1S/C21H25ClN2O4S/c1-14-10-15(2)13-24(12-14)29(26,27)18-7-4-16(5-8-18)21(25)23-17-6-9-20(28-3)19(22)11-17/h4-9,11,14-15H,10,12-13H2,1-3H3,(H,23,25)/t14-,15+. The maximum atomic E-state index is 12.9. The van der Waals surface area contributed by atoms with E-state index in [1.54, 1.807) is 22.5 Å². The summed E-state index contributed by atoms with van der Waals surface area (Å²) in [5.74, 6) is 0.820. The van der Waals surface area contributed by atoms with Crippen LogP contribution in [0.3, 0.4) is 0 Å². The van der Waals surface area contributed by atoms with Crippen LogP contribution >= 0.6 is 11.6 Å². The first kappa shape index (κ1) is 21.6. The van der Waals surface area contributed by atoms with Crippen molar-refractivity contribution >= 4 is 33.2 Å². The van der Waals surface area contributed by atoms with Crippen LogP contribution in [-0.4, -0.2) is 38.8 Å². The van der Waals surface area contributed by atoms with Gasteiger partial charge in [0.05, 0.1) is 17.0 Å². The third-order valence-electron chi connectivity index (χ3n) is 5.00. The summed E-state index contributed by atoms with van der Waals surface area (Å²) in [7, 11) is -2.06. The average Bonchev–Trinajstić information content (AvgIpc) is 2.67. The summed E-state index contributed by atoms with van der Waals surface area (Å²) in [4.78, 5) is 12.7. The lowest BCUT2D eigenvalue weighted by Gasteiger charge is -2.34. The van der Waals surface area contributed by atoms with E-state index in [4.69, 9.17) is 16.3 Å². The Morgan fingerprint density at radius 2 is 1.72 bits per heavy atom. The van der Waals surface area contributed by atoms with E-state index in [1.807, 2.05) is 0 Å². The van der Waals surface area contributed by atoms with Crippen LogP contribution in [0.15, 0.2) is 47.4 Å². The molecule has 1 fully saturated rings. The highest BCUT2D eigenvalue weighted by molar-refractivity contribution is 7.89. The number of rotatable bonds is 5. The molecule has 6 nitrogen and oxygen atoms in total. The topological polar surface area (TPSA) is 75.7 Å². The number of halogens is 1. The molecule has 2 atom stereocenters. The molecule has 8 heteroatoms. The third-order valence-corrected chi connectivity index (χ3v) is 7.14. The van der Waals surface area contributed by atoms with E-state index in [-0.39, 0.29) is 10.8 Å². The van der Waals surface area contributed by atoms with Crippen LogP contribution in [0.4, 0.5) is 5.69 Å². The molecule has 2 aromatic carbocycles. The zero-order valence-electron chi connectivity index (χ0n) is 16.7. The number of sulfonamides is 1. The van der Waals surface area contributed by atoms with Gasteiger partial charge in [0.15, 0.2) is 0 Å². The van der Waals surface area contributed by atoms with Crippen molar-refractivity contribution in [1.82, 2.24) is 4.31 Å². The van der Waals surface area contributed by atoms with Crippen LogP contribution in [0.2, 0.25) is 5.02 Å². The van der Waals surface area contributed by atoms with Crippen molar-refractivity contribution in [1.29, 1.82) is 0 Å². The summed E-state index contributed by atoms with van der Waals surface area (Å²) in [5, 5.41) is 3.13. The van der Waals surface area contributed by atoms with Crippen molar-refractivity contribution < 1.29 is 17.9 Å². The Kier molecular flexibility index (Phi) is 6.51. The number of ether oxygens (including phenoxy) is 1. The lowest BCUT2D eigenvalue weighted by molar-refractivity contribution is 0.102. The summed E-state index contributed by atoms with van der Waals surface area (Å²) < 4.78 is 32.5. The number of carbonyl (C=O) groups is 1. The Labute approximate surface area is 176 Å². The predicted molar refractivity (Wildman–Crippen MR) is 114 cm³/mol. The lowest BCUT2D eigenvalue weighted by atomic mass is 9.94. The van der Waals surface area contributed by atoms with Gasteiger partial charge in [-0.25, -0.2) is 8.42 Å². The highest BCUT2D eigenvalue weighted by atomic mass is 35.5. The maximum Gasteiger partial charge on any atom is 0.255 e. The Morgan fingerprint density at radius 1 is 1.10 bits per heavy atom. The molecule has 0 spiro atoms. The van der Waals surface area contributed by atoms with Crippen LogP contribution in [-0.2, 0) is 10.0 Å². The molecule has 3 rings (SSSR count). The minimum absolute atomic E-state index is 0.197. The SMILES string of the molecule is COc1ccc(NC(=O)c2ccc(S(=O)(=O)N3C[C@H](C)C[C@H](C)C3)cc2)cc1Cl. The first-order valence-electron chi connectivity index (χ1n) is 9.46. The lowest BCUT2D eigenvalue weighted by Crippen LogP contribution is -2.42. The fraction of sp³-hybridized carbons (Fsp3) is 0.381. The smallest absolute Gasteiger partial charge is 0.255 e. The molecule has 1 aliphatic rings. The summed E-state index contributed by atoms with van der Waals surface area (Å²) in [5.41, 5.74) is 0.880. The van der Waals surface area contributed by atoms with Gasteiger partial charge in [-0.1, -0.05) is 25.4 Å². The van der Waals surface area contributed by atoms with Crippen LogP contribution in [0.5, 0.6) is 5.75 Å². The van der Waals surface area contributed by atoms with E-state index in [1.165, 1.54) is 31.4 Å². The van der Waals surface area contributed by atoms with Gasteiger partial charge in [0, 0.05) is 24.3 Å². The molecule has 1 N–H and O–H groups in total. The van der Waals surface area contributed by atoms with E-state index in [0.29, 0.717) is 46.9 Å². The van der Waals surface area contributed by atoms with Crippen LogP contribution < -0.4 is 10.1 Å². The molecule has 0 bridgehead atoms. The van der Waals surface area contributed by atoms with Gasteiger partial charge in [-0.3, -0.25) is 4.79 Å². The van der Waals surface area contributed by atoms with E-state index in [2.05, 4.69) is 19.2 Å². The minimum atomic E-state index is -3.57. The molecule has 0 unspecified atom stereocenters. The van der Waals surface area contributed by atoms with Crippen molar-refractivity contribution in [3.63, 3.8) is 0 Å². The molecule has 1 heterocycles. The summed E-state index contributed by atoms with van der Waals surface area (Å²) in [6.45, 7) is 5.17. The van der Waals surface area contributed by atoms with Gasteiger partial charge in [-0.2, -0.15) is 4.31 Å². The number of nitrogens with one attached hydrogen (secondary N) is 1. The molecule has 29 heavy (non-hydrogen) atoms. The first-order chi connectivity index (χ1) is 13.7. The second-order valence-corrected chi connectivity index (χ2v) is 9.94. The predicted octanol–water partition coefficient (Wildman–Crippen LogP) is 4.27. The van der Waals surface area contributed by atoms with E-state index >= 15 is 0 Å². The molecule has 0 aromatic heterocycles. The number of benzene rings is 2. The largest absolute Gasteiger partial charge is 0.495 e. The molecule has 1 amide bonds. The number of anilines is 1. The number of piperidine rings is 1. The quantitative estimate of drug-likeness (QED) is 0.759. The number of hydrogen-bond donors (Lipinski definition) is 1. The molecular formula is C21H25ClN2O4S. The van der Waals surface area contributed by atoms with E-state index < -0.39 is 10.0 Å². The summed E-state index contributed by atoms with van der Waals surface area (Å²) in [6.07, 6.45) is 1.03. The van der Waals surface area contributed by atoms with Gasteiger partial charge < -0.3 is 10.1 Å². The van der Waals surface area contributed by atoms with Gasteiger partial charge in [0.1, 0.15) is 5.75 Å². The summed E-state index contributed by atoms with van der Waals surface area (Å²) >= 11 is 6.08. The fourth-order valence-corrected chi connectivity index (χ4v) is 5.61. The molecule has 1 aliphatic heterocycles. The van der Waals surface area contributed by atoms with Crippen LogP contribution in [0, 0.1) is 11.8 Å². The zero-order valence-corrected chi connectivity index (χ0v) is 18.3. The average molecular weight is 437 g/mol. The third kappa shape index (κ3) is 4.91. The second kappa shape index (κ2) is 8.73. The second-order valence-electron chi connectivity index (χ2n) is 7.60. The Balaban J connectivity index is 1.74. The fourth-order valence-electron chi connectivity index (χ4n) is 3.68. The van der Waals surface area contributed by atoms with Crippen molar-refractivity contribution in [2.24, 2.45) is 11.8 Å². The normalized spacial score (nSPS) is 20.3. The molecule has 156 valence electrons. The molecule has 1 saturated heterocycles. The minimum Gasteiger partial charge on any atom is -0.495 e. The Morgan fingerprint density at radius 3 is 2.28 bits per heavy atom. The van der Waals surface area contributed by atoms with Crippen molar-refractivity contribution in [3.8, 4) is 5.75 Å². The van der Waals surface area contributed by atoms with Gasteiger partial charge in [0.2, 0.25) is 10.0 Å². The van der Waals surface area contributed by atoms with Crippen LogP contribution in [0.25, 0.3) is 0 Å². The molecule has 0 radical (unpaired) electrons. The molecule has 2 aromatic rings. The Bertz CT molecular complexity index is 982. The van der Waals surface area contributed by atoms with Gasteiger partial charge in [-0.05, 0) is 60.7 Å². The van der Waals surface area contributed by atoms with E-state index in [0.717, 1.165) is 6.42 Å². The van der Waals surface area contributed by atoms with Crippen molar-refractivity contribution in [2.75, 3.05) is 25.5 Å². The monoisotopic (exact) mass is 436 g/mol. The number of nitrogens with zero attached hydrogens (tertiary/aromatic N) is 1. The van der Waals surface area contributed by atoms with Gasteiger partial charge in [0.25, 0.3) is 5.91 Å². The van der Waals surface area contributed by atoms with Crippen LogP contribution in [0.1, 0.15) is 30.6 Å². The van der Waals surface area contributed by atoms with Gasteiger partial charge >= 0.3 is 0 Å². The van der Waals surface area contributed by atoms with Crippen molar-refractivity contribution in [2.45, 2.75) is 25.2 Å². The number of methoxy groups -OCH3 is 1. The summed E-state index contributed by atoms with van der Waals surface area (Å²) in [6, 6.07) is 10.9. The zero-order chi connectivity index (χ0) is 21.2. The van der Waals surface area contributed by atoms with E-state index in [9.17, 15) is 13.2 Å². The molecular weight excluding hydrogens is 412 g/mol. The number of carbonyl (C=O) groups excluding carboxylic acids is 1. The van der Waals surface area contributed by atoms with Crippen molar-refractivity contribution in [3.05, 3.63) is 53.1 Å². The number of hydrogen-bond acceptors (Lipinski definition) is 4. The first-order valence-corrected chi connectivity index (χ1v) is 11.3. The molecule has 0 saturated carbocycles.